The Morgan fingerprint density at radius 1 is 1.09 bits per heavy atom. The number of aromatic nitrogens is 1. The maximum atomic E-state index is 14.0. The highest BCUT2D eigenvalue weighted by Gasteiger charge is 2.18. The number of carbonyl (C=O) groups excluding carboxylic acids is 1. The summed E-state index contributed by atoms with van der Waals surface area (Å²) in [7, 11) is 0. The van der Waals surface area contributed by atoms with Gasteiger partial charge in [0.25, 0.3) is 11.9 Å². The van der Waals surface area contributed by atoms with E-state index in [9.17, 15) is 9.18 Å². The zero-order valence-corrected chi connectivity index (χ0v) is 17.7. The number of benzene rings is 3. The molecule has 0 fully saturated rings. The van der Waals surface area contributed by atoms with E-state index < -0.39 is 18.0 Å². The number of hydrogen-bond acceptors (Lipinski definition) is 5. The standard InChI is InChI=1S/C24H18ClFN2O4/c1-15(23(29)28-24-27-20-14-17(25)7-12-21(20)32-24)30-18-8-10-19(11-9-18)31-22(26)13-16-5-3-2-4-6-16/h2-15H,1H3,(H,27,28,29)/b22-13+/t15-/m1/s1. The molecule has 8 heteroatoms. The maximum absolute atomic E-state index is 14.0. The number of carbonyl (C=O) groups is 1. The van der Waals surface area contributed by atoms with Crippen molar-refractivity contribution in [1.82, 2.24) is 4.98 Å². The molecule has 0 unspecified atom stereocenters. The predicted octanol–water partition coefficient (Wildman–Crippen LogP) is 6.23. The van der Waals surface area contributed by atoms with E-state index in [1.165, 1.54) is 6.08 Å². The molecule has 0 saturated carbocycles. The summed E-state index contributed by atoms with van der Waals surface area (Å²) >= 11 is 5.93. The van der Waals surface area contributed by atoms with Gasteiger partial charge in [0, 0.05) is 11.1 Å². The molecule has 1 amide bonds. The summed E-state index contributed by atoms with van der Waals surface area (Å²) in [6, 6.07) is 19.5. The van der Waals surface area contributed by atoms with Crippen molar-refractivity contribution < 1.29 is 23.1 Å². The molecule has 1 aromatic heterocycles. The molecule has 4 aromatic rings. The second kappa shape index (κ2) is 9.53. The minimum atomic E-state index is -0.838. The molecule has 32 heavy (non-hydrogen) atoms. The van der Waals surface area contributed by atoms with E-state index in [-0.39, 0.29) is 6.01 Å². The molecule has 0 spiro atoms. The van der Waals surface area contributed by atoms with Crippen molar-refractivity contribution in [2.45, 2.75) is 13.0 Å². The SMILES string of the molecule is C[C@@H](Oc1ccc(O/C(F)=C/c2ccccc2)cc1)C(=O)Nc1nc2cc(Cl)ccc2o1. The Bertz CT molecular complexity index is 1260. The fourth-order valence-corrected chi connectivity index (χ4v) is 2.99. The topological polar surface area (TPSA) is 73.6 Å². The Balaban J connectivity index is 1.34. The highest BCUT2D eigenvalue weighted by Crippen LogP contribution is 2.24. The van der Waals surface area contributed by atoms with Gasteiger partial charge in [0.1, 0.15) is 17.0 Å². The van der Waals surface area contributed by atoms with Crippen LogP contribution in [0.2, 0.25) is 5.02 Å². The van der Waals surface area contributed by atoms with Gasteiger partial charge in [-0.25, -0.2) is 0 Å². The van der Waals surface area contributed by atoms with Gasteiger partial charge in [-0.3, -0.25) is 10.1 Å². The molecule has 1 heterocycles. The van der Waals surface area contributed by atoms with Crippen LogP contribution in [0, 0.1) is 0 Å². The molecular weight excluding hydrogens is 435 g/mol. The largest absolute Gasteiger partial charge is 0.481 e. The number of halogens is 2. The fourth-order valence-electron chi connectivity index (χ4n) is 2.83. The molecule has 162 valence electrons. The average molecular weight is 453 g/mol. The van der Waals surface area contributed by atoms with Gasteiger partial charge in [-0.05, 0) is 55.0 Å². The lowest BCUT2D eigenvalue weighted by Crippen LogP contribution is -2.30. The molecule has 0 saturated heterocycles. The van der Waals surface area contributed by atoms with E-state index in [1.54, 1.807) is 61.5 Å². The predicted molar refractivity (Wildman–Crippen MR) is 120 cm³/mol. The van der Waals surface area contributed by atoms with Crippen molar-refractivity contribution in [3.63, 3.8) is 0 Å². The third-order valence-corrected chi connectivity index (χ3v) is 4.62. The van der Waals surface area contributed by atoms with Crippen molar-refractivity contribution in [2.75, 3.05) is 5.32 Å². The molecule has 0 bridgehead atoms. The van der Waals surface area contributed by atoms with Gasteiger partial charge in [0.05, 0.1) is 0 Å². The normalized spacial score (nSPS) is 12.4. The molecule has 6 nitrogen and oxygen atoms in total. The van der Waals surface area contributed by atoms with Gasteiger partial charge in [-0.15, -0.1) is 0 Å². The number of hydrogen-bond donors (Lipinski definition) is 1. The first-order valence-electron chi connectivity index (χ1n) is 9.70. The van der Waals surface area contributed by atoms with E-state index in [0.29, 0.717) is 33.2 Å². The van der Waals surface area contributed by atoms with Crippen molar-refractivity contribution in [1.29, 1.82) is 0 Å². The van der Waals surface area contributed by atoms with Gasteiger partial charge in [-0.1, -0.05) is 41.9 Å². The van der Waals surface area contributed by atoms with E-state index in [1.807, 2.05) is 18.2 Å². The summed E-state index contributed by atoms with van der Waals surface area (Å²) in [6.07, 6.45) is 0.451. The van der Waals surface area contributed by atoms with Crippen LogP contribution < -0.4 is 14.8 Å². The summed E-state index contributed by atoms with van der Waals surface area (Å²) in [5.41, 5.74) is 1.72. The highest BCUT2D eigenvalue weighted by molar-refractivity contribution is 6.31. The number of amides is 1. The number of anilines is 1. The van der Waals surface area contributed by atoms with Crippen molar-refractivity contribution in [2.24, 2.45) is 0 Å². The summed E-state index contributed by atoms with van der Waals surface area (Å²) in [6.45, 7) is 1.58. The molecule has 1 N–H and O–H groups in total. The highest BCUT2D eigenvalue weighted by atomic mass is 35.5. The molecule has 0 aliphatic rings. The van der Waals surface area contributed by atoms with Crippen LogP contribution in [0.15, 0.2) is 83.2 Å². The summed E-state index contributed by atoms with van der Waals surface area (Å²) in [4.78, 5) is 16.6. The number of ether oxygens (including phenoxy) is 2. The number of oxazole rings is 1. The van der Waals surface area contributed by atoms with Gasteiger partial charge in [-0.2, -0.15) is 9.37 Å². The molecular formula is C24H18ClFN2O4. The third kappa shape index (κ3) is 5.44. The number of fused-ring (bicyclic) bond motifs is 1. The van der Waals surface area contributed by atoms with Crippen LogP contribution in [0.5, 0.6) is 11.5 Å². The lowest BCUT2D eigenvalue weighted by Gasteiger charge is -2.13. The number of nitrogens with zero attached hydrogens (tertiary/aromatic N) is 1. The van der Waals surface area contributed by atoms with Gasteiger partial charge >= 0.3 is 6.01 Å². The van der Waals surface area contributed by atoms with E-state index in [2.05, 4.69) is 10.3 Å². The van der Waals surface area contributed by atoms with Crippen molar-refractivity contribution >= 4 is 40.7 Å². The lowest BCUT2D eigenvalue weighted by molar-refractivity contribution is -0.122. The van der Waals surface area contributed by atoms with Crippen molar-refractivity contribution in [3.8, 4) is 11.5 Å². The van der Waals surface area contributed by atoms with E-state index >= 15 is 0 Å². The van der Waals surface area contributed by atoms with E-state index in [4.69, 9.17) is 25.5 Å². The van der Waals surface area contributed by atoms with Crippen LogP contribution in [0.25, 0.3) is 17.2 Å². The Hall–Kier alpha value is -3.84. The average Bonchev–Trinajstić information content (AvgIpc) is 3.17. The third-order valence-electron chi connectivity index (χ3n) is 4.38. The Morgan fingerprint density at radius 2 is 1.81 bits per heavy atom. The van der Waals surface area contributed by atoms with Gasteiger partial charge < -0.3 is 13.9 Å². The Kier molecular flexibility index (Phi) is 6.37. The Morgan fingerprint density at radius 3 is 2.56 bits per heavy atom. The quantitative estimate of drug-likeness (QED) is 0.336. The summed E-state index contributed by atoms with van der Waals surface area (Å²) in [5.74, 6) is 0.265. The van der Waals surface area contributed by atoms with Crippen LogP contribution in [0.3, 0.4) is 0 Å². The second-order valence-electron chi connectivity index (χ2n) is 6.81. The summed E-state index contributed by atoms with van der Waals surface area (Å²) in [5, 5.41) is 3.08. The van der Waals surface area contributed by atoms with Crippen LogP contribution in [-0.4, -0.2) is 17.0 Å². The number of nitrogens with one attached hydrogen (secondary N) is 1. The Labute approximate surface area is 188 Å². The lowest BCUT2D eigenvalue weighted by atomic mass is 10.2. The van der Waals surface area contributed by atoms with Gasteiger partial charge in [0.15, 0.2) is 11.7 Å². The van der Waals surface area contributed by atoms with Crippen LogP contribution in [0.1, 0.15) is 12.5 Å². The fraction of sp³-hybridized carbons (Fsp3) is 0.0833. The number of rotatable bonds is 7. The monoisotopic (exact) mass is 452 g/mol. The first-order valence-corrected chi connectivity index (χ1v) is 10.1. The first-order chi connectivity index (χ1) is 15.5. The summed E-state index contributed by atoms with van der Waals surface area (Å²) < 4.78 is 30.3. The van der Waals surface area contributed by atoms with E-state index in [0.717, 1.165) is 0 Å². The second-order valence-corrected chi connectivity index (χ2v) is 7.25. The zero-order chi connectivity index (χ0) is 22.5. The smallest absolute Gasteiger partial charge is 0.302 e. The minimum absolute atomic E-state index is 0.0483. The maximum Gasteiger partial charge on any atom is 0.302 e. The van der Waals surface area contributed by atoms with Crippen LogP contribution in [-0.2, 0) is 4.79 Å². The zero-order valence-electron chi connectivity index (χ0n) is 16.9. The molecule has 4 rings (SSSR count). The molecule has 3 aromatic carbocycles. The molecule has 1 atom stereocenters. The molecule has 0 radical (unpaired) electrons. The first kappa shape index (κ1) is 21.4. The van der Waals surface area contributed by atoms with Gasteiger partial charge in [0.2, 0.25) is 0 Å². The molecule has 0 aliphatic heterocycles. The molecule has 0 aliphatic carbocycles. The van der Waals surface area contributed by atoms with Crippen LogP contribution >= 0.6 is 11.6 Å². The van der Waals surface area contributed by atoms with Crippen LogP contribution in [0.4, 0.5) is 10.4 Å². The minimum Gasteiger partial charge on any atom is -0.481 e. The van der Waals surface area contributed by atoms with Crippen molar-refractivity contribution in [3.05, 3.63) is 89.4 Å².